The van der Waals surface area contributed by atoms with Gasteiger partial charge in [0.2, 0.25) is 6.29 Å². The van der Waals surface area contributed by atoms with Gasteiger partial charge in [0.25, 0.3) is 5.91 Å². The van der Waals surface area contributed by atoms with Crippen molar-refractivity contribution in [3.63, 3.8) is 0 Å². The maximum atomic E-state index is 12.0. The van der Waals surface area contributed by atoms with Crippen LogP contribution in [-0.2, 0) is 4.74 Å². The molecule has 9 nitrogen and oxygen atoms in total. The summed E-state index contributed by atoms with van der Waals surface area (Å²) in [6.45, 7) is -0.144. The van der Waals surface area contributed by atoms with Crippen LogP contribution >= 0.6 is 11.6 Å². The van der Waals surface area contributed by atoms with Gasteiger partial charge in [-0.1, -0.05) is 0 Å². The number of unbranched alkanes of at least 4 members (excludes halogenated alkanes) is 1. The number of rotatable bonds is 8. The summed E-state index contributed by atoms with van der Waals surface area (Å²) in [5, 5.41) is 51.4. The van der Waals surface area contributed by atoms with Gasteiger partial charge in [-0.3, -0.25) is 4.79 Å². The minimum atomic E-state index is -1.60. The Morgan fingerprint density at radius 3 is 2.56 bits per heavy atom. The smallest absolute Gasteiger partial charge is 0.251 e. The molecule has 0 aliphatic carbocycles. The highest BCUT2D eigenvalue weighted by Gasteiger charge is 2.44. The average Bonchev–Trinajstić information content (AvgIpc) is 2.66. The number of carbonyl (C=O) groups excluding carboxylic acids is 1. The number of ether oxygens (including phenoxy) is 2. The van der Waals surface area contributed by atoms with Crippen molar-refractivity contribution in [2.24, 2.45) is 0 Å². The van der Waals surface area contributed by atoms with E-state index in [9.17, 15) is 30.3 Å². The lowest BCUT2D eigenvalue weighted by Crippen LogP contribution is -2.60. The molecule has 1 saturated heterocycles. The first kappa shape index (κ1) is 21.7. The minimum Gasteiger partial charge on any atom is -0.504 e. The molecule has 0 bridgehead atoms. The van der Waals surface area contributed by atoms with E-state index in [1.165, 1.54) is 18.2 Å². The van der Waals surface area contributed by atoms with Gasteiger partial charge in [0, 0.05) is 18.0 Å². The molecule has 0 aromatic heterocycles. The molecule has 0 radical (unpaired) electrons. The van der Waals surface area contributed by atoms with Gasteiger partial charge in [-0.05, 0) is 31.0 Å². The summed E-state index contributed by atoms with van der Waals surface area (Å²) in [5.74, 6) is -0.335. The van der Waals surface area contributed by atoms with Crippen molar-refractivity contribution in [3.8, 4) is 11.5 Å². The molecule has 0 spiro atoms. The Morgan fingerprint density at radius 1 is 1.19 bits per heavy atom. The van der Waals surface area contributed by atoms with Gasteiger partial charge in [0.1, 0.15) is 24.4 Å². The molecule has 6 N–H and O–H groups in total. The normalized spacial score (nSPS) is 28.0. The van der Waals surface area contributed by atoms with Crippen LogP contribution < -0.4 is 10.1 Å². The fourth-order valence-electron chi connectivity index (χ4n) is 2.57. The highest BCUT2D eigenvalue weighted by Crippen LogP contribution is 2.31. The molecule has 1 aliphatic heterocycles. The Bertz CT molecular complexity index is 629. The van der Waals surface area contributed by atoms with Crippen molar-refractivity contribution in [1.82, 2.24) is 5.32 Å². The molecule has 27 heavy (non-hydrogen) atoms. The lowest BCUT2D eigenvalue weighted by Gasteiger charge is -2.39. The molecule has 0 saturated carbocycles. The van der Waals surface area contributed by atoms with E-state index in [-0.39, 0.29) is 23.0 Å². The third-order valence-electron chi connectivity index (χ3n) is 4.16. The number of hydrogen-bond donors (Lipinski definition) is 6. The molecule has 2 rings (SSSR count). The molecule has 0 unspecified atom stereocenters. The van der Waals surface area contributed by atoms with E-state index in [0.717, 1.165) is 12.8 Å². The third kappa shape index (κ3) is 5.44. The van der Waals surface area contributed by atoms with Crippen LogP contribution in [0.3, 0.4) is 0 Å². The van der Waals surface area contributed by atoms with Crippen LogP contribution in [0.1, 0.15) is 23.2 Å². The second-order valence-electron chi connectivity index (χ2n) is 6.15. The Hall–Kier alpha value is -1.62. The van der Waals surface area contributed by atoms with Crippen molar-refractivity contribution in [1.29, 1.82) is 0 Å². The molecule has 1 amide bonds. The second kappa shape index (κ2) is 10.1. The Morgan fingerprint density at radius 2 is 1.93 bits per heavy atom. The quantitative estimate of drug-likeness (QED) is 0.246. The predicted octanol–water partition coefficient (Wildman–Crippen LogP) is -0.680. The molecule has 1 aromatic carbocycles. The number of phenols is 1. The van der Waals surface area contributed by atoms with Gasteiger partial charge in [0.05, 0.1) is 6.61 Å². The van der Waals surface area contributed by atoms with Crippen LogP contribution in [0.2, 0.25) is 0 Å². The van der Waals surface area contributed by atoms with Gasteiger partial charge in [-0.25, -0.2) is 0 Å². The van der Waals surface area contributed by atoms with E-state index < -0.39 is 37.3 Å². The monoisotopic (exact) mass is 405 g/mol. The topological polar surface area (TPSA) is 149 Å². The lowest BCUT2D eigenvalue weighted by molar-refractivity contribution is -0.277. The highest BCUT2D eigenvalue weighted by atomic mass is 35.5. The van der Waals surface area contributed by atoms with E-state index in [2.05, 4.69) is 5.32 Å². The average molecular weight is 406 g/mol. The minimum absolute atomic E-state index is 0.0991. The van der Waals surface area contributed by atoms with Crippen LogP contribution in [0.4, 0.5) is 0 Å². The number of halogens is 1. The van der Waals surface area contributed by atoms with E-state index >= 15 is 0 Å². The van der Waals surface area contributed by atoms with Gasteiger partial charge >= 0.3 is 0 Å². The number of aliphatic hydroxyl groups excluding tert-OH is 4. The maximum absolute atomic E-state index is 12.0. The maximum Gasteiger partial charge on any atom is 0.251 e. The first-order valence-electron chi connectivity index (χ1n) is 8.53. The summed E-state index contributed by atoms with van der Waals surface area (Å²) < 4.78 is 10.6. The Labute approximate surface area is 161 Å². The largest absolute Gasteiger partial charge is 0.504 e. The van der Waals surface area contributed by atoms with Crippen LogP contribution in [0.15, 0.2) is 18.2 Å². The first-order valence-corrected chi connectivity index (χ1v) is 9.06. The molecule has 5 atom stereocenters. The molecule has 152 valence electrons. The number of hydrogen-bond acceptors (Lipinski definition) is 8. The van der Waals surface area contributed by atoms with Crippen molar-refractivity contribution in [2.75, 3.05) is 19.0 Å². The van der Waals surface area contributed by atoms with Gasteiger partial charge in [-0.15, -0.1) is 11.6 Å². The van der Waals surface area contributed by atoms with E-state index in [1.807, 2.05) is 0 Å². The lowest BCUT2D eigenvalue weighted by atomic mass is 9.99. The van der Waals surface area contributed by atoms with Crippen molar-refractivity contribution >= 4 is 17.5 Å². The van der Waals surface area contributed by atoms with Crippen molar-refractivity contribution in [2.45, 2.75) is 43.5 Å². The number of aromatic hydroxyl groups is 1. The molecule has 1 fully saturated rings. The van der Waals surface area contributed by atoms with Crippen molar-refractivity contribution in [3.05, 3.63) is 23.8 Å². The summed E-state index contributed by atoms with van der Waals surface area (Å²) in [5.41, 5.74) is 0.208. The standard InChI is InChI=1S/C17H24ClNO8/c18-5-1-2-6-19-16(25)9-3-4-11(10(21)7-9)26-17-15(24)14(23)13(22)12(8-20)27-17/h3-4,7,12-15,17,20-24H,1-2,5-6,8H2,(H,19,25)/t12-,13-,14+,15-,17-/m1/s1. The molecule has 1 heterocycles. The van der Waals surface area contributed by atoms with Crippen LogP contribution in [-0.4, -0.2) is 81.2 Å². The SMILES string of the molecule is O=C(NCCCCCl)c1ccc(O[C@@H]2O[C@H](CO)[C@@H](O)[C@H](O)[C@H]2O)c(O)c1. The molecule has 10 heteroatoms. The Kier molecular flexibility index (Phi) is 8.08. The number of phenolic OH excluding ortho intramolecular Hbond substituents is 1. The second-order valence-corrected chi connectivity index (χ2v) is 6.53. The van der Waals surface area contributed by atoms with E-state index in [1.54, 1.807) is 0 Å². The summed E-state index contributed by atoms with van der Waals surface area (Å²) >= 11 is 5.57. The van der Waals surface area contributed by atoms with Gasteiger partial charge < -0.3 is 40.3 Å². The number of aliphatic hydroxyl groups is 4. The van der Waals surface area contributed by atoms with E-state index in [0.29, 0.717) is 12.4 Å². The fraction of sp³-hybridized carbons (Fsp3) is 0.588. The summed E-state index contributed by atoms with van der Waals surface area (Å²) in [6, 6.07) is 3.91. The first-order chi connectivity index (χ1) is 12.9. The van der Waals surface area contributed by atoms with Crippen LogP contribution in [0.25, 0.3) is 0 Å². The zero-order valence-corrected chi connectivity index (χ0v) is 15.2. The molecular formula is C17H24ClNO8. The molecule has 1 aromatic rings. The Balaban J connectivity index is 2.02. The number of nitrogens with one attached hydrogen (secondary N) is 1. The number of benzene rings is 1. The predicted molar refractivity (Wildman–Crippen MR) is 94.8 cm³/mol. The number of alkyl halides is 1. The summed E-state index contributed by atoms with van der Waals surface area (Å²) in [4.78, 5) is 12.0. The van der Waals surface area contributed by atoms with Crippen LogP contribution in [0.5, 0.6) is 11.5 Å². The number of amides is 1. The number of carbonyl (C=O) groups is 1. The molecule has 1 aliphatic rings. The zero-order chi connectivity index (χ0) is 20.0. The van der Waals surface area contributed by atoms with E-state index in [4.69, 9.17) is 21.1 Å². The summed E-state index contributed by atoms with van der Waals surface area (Å²) in [7, 11) is 0. The van der Waals surface area contributed by atoms with Crippen molar-refractivity contribution < 1.29 is 39.8 Å². The van der Waals surface area contributed by atoms with Gasteiger partial charge in [-0.2, -0.15) is 0 Å². The van der Waals surface area contributed by atoms with Gasteiger partial charge in [0.15, 0.2) is 11.5 Å². The third-order valence-corrected chi connectivity index (χ3v) is 4.43. The molecular weight excluding hydrogens is 382 g/mol. The fourth-order valence-corrected chi connectivity index (χ4v) is 2.76. The highest BCUT2D eigenvalue weighted by molar-refractivity contribution is 6.17. The summed E-state index contributed by atoms with van der Waals surface area (Å²) in [6.07, 6.45) is -5.76. The van der Waals surface area contributed by atoms with Crippen LogP contribution in [0, 0.1) is 0 Å². The zero-order valence-electron chi connectivity index (χ0n) is 14.5.